The van der Waals surface area contributed by atoms with Crippen molar-refractivity contribution in [2.45, 2.75) is 12.8 Å². The van der Waals surface area contributed by atoms with Crippen LogP contribution in [0.2, 0.25) is 5.02 Å². The minimum Gasteiger partial charge on any atom is -0.326 e. The van der Waals surface area contributed by atoms with Gasteiger partial charge in [0.15, 0.2) is 0 Å². The highest BCUT2D eigenvalue weighted by atomic mass is 35.5. The summed E-state index contributed by atoms with van der Waals surface area (Å²) in [5.74, 6) is -0.0219. The Hall–Kier alpha value is -1.62. The summed E-state index contributed by atoms with van der Waals surface area (Å²) in [5, 5.41) is 13.3. The standard InChI is InChI=1S/C10H9ClN2O3/c11-8-4-3-7(5-9(8)13(15)16)12-10(14)6-1-2-6/h3-6H,1-2H2,(H,12,14). The second-order valence-electron chi connectivity index (χ2n) is 3.69. The summed E-state index contributed by atoms with van der Waals surface area (Å²) in [6.45, 7) is 0. The van der Waals surface area contributed by atoms with Crippen LogP contribution in [0.15, 0.2) is 18.2 Å². The summed E-state index contributed by atoms with van der Waals surface area (Å²) in [6, 6.07) is 4.22. The van der Waals surface area contributed by atoms with Gasteiger partial charge in [-0.3, -0.25) is 14.9 Å². The van der Waals surface area contributed by atoms with E-state index in [0.717, 1.165) is 12.8 Å². The Labute approximate surface area is 96.6 Å². The molecule has 84 valence electrons. The average molecular weight is 241 g/mol. The fraction of sp³-hybridized carbons (Fsp3) is 0.300. The molecule has 1 fully saturated rings. The normalized spacial score (nSPS) is 14.6. The zero-order chi connectivity index (χ0) is 11.7. The van der Waals surface area contributed by atoms with E-state index in [1.807, 2.05) is 0 Å². The summed E-state index contributed by atoms with van der Waals surface area (Å²) in [4.78, 5) is 21.5. The molecule has 1 aliphatic rings. The van der Waals surface area contributed by atoms with Gasteiger partial charge in [0.05, 0.1) is 4.92 Å². The molecule has 1 saturated carbocycles. The van der Waals surface area contributed by atoms with Gasteiger partial charge in [0.2, 0.25) is 5.91 Å². The van der Waals surface area contributed by atoms with Gasteiger partial charge in [-0.1, -0.05) is 11.6 Å². The molecular weight excluding hydrogens is 232 g/mol. The molecule has 1 aromatic rings. The number of nitrogens with zero attached hydrogens (tertiary/aromatic N) is 1. The first-order chi connectivity index (χ1) is 7.58. The largest absolute Gasteiger partial charge is 0.326 e. The summed E-state index contributed by atoms with van der Waals surface area (Å²) >= 11 is 5.65. The molecule has 0 saturated heterocycles. The molecule has 1 aliphatic carbocycles. The first-order valence-corrected chi connectivity index (χ1v) is 5.20. The van der Waals surface area contributed by atoms with Crippen LogP contribution < -0.4 is 5.32 Å². The van der Waals surface area contributed by atoms with E-state index in [9.17, 15) is 14.9 Å². The Bertz CT molecular complexity index is 457. The highest BCUT2D eigenvalue weighted by molar-refractivity contribution is 6.32. The third kappa shape index (κ3) is 2.30. The third-order valence-corrected chi connectivity index (χ3v) is 2.68. The van der Waals surface area contributed by atoms with Crippen molar-refractivity contribution in [1.82, 2.24) is 0 Å². The maximum atomic E-state index is 11.4. The van der Waals surface area contributed by atoms with Gasteiger partial charge in [-0.05, 0) is 25.0 Å². The molecule has 6 heteroatoms. The zero-order valence-electron chi connectivity index (χ0n) is 8.27. The summed E-state index contributed by atoms with van der Waals surface area (Å²) in [7, 11) is 0. The molecular formula is C10H9ClN2O3. The molecule has 0 heterocycles. The topological polar surface area (TPSA) is 72.2 Å². The van der Waals surface area contributed by atoms with Gasteiger partial charge in [-0.2, -0.15) is 0 Å². The molecule has 0 atom stereocenters. The van der Waals surface area contributed by atoms with Crippen molar-refractivity contribution in [1.29, 1.82) is 0 Å². The van der Waals surface area contributed by atoms with Crippen LogP contribution in [0.5, 0.6) is 0 Å². The molecule has 0 bridgehead atoms. The lowest BCUT2D eigenvalue weighted by atomic mass is 10.2. The molecule has 1 aromatic carbocycles. The van der Waals surface area contributed by atoms with Gasteiger partial charge in [0.25, 0.3) is 5.69 Å². The van der Waals surface area contributed by atoms with Crippen LogP contribution in [0.1, 0.15) is 12.8 Å². The predicted octanol–water partition coefficient (Wildman–Crippen LogP) is 2.60. The number of halogens is 1. The number of benzene rings is 1. The van der Waals surface area contributed by atoms with Gasteiger partial charge < -0.3 is 5.32 Å². The van der Waals surface area contributed by atoms with Crippen LogP contribution in [0.4, 0.5) is 11.4 Å². The van der Waals surface area contributed by atoms with E-state index in [4.69, 9.17) is 11.6 Å². The van der Waals surface area contributed by atoms with Crippen molar-refractivity contribution in [2.24, 2.45) is 5.92 Å². The lowest BCUT2D eigenvalue weighted by molar-refractivity contribution is -0.384. The van der Waals surface area contributed by atoms with E-state index in [2.05, 4.69) is 5.32 Å². The van der Waals surface area contributed by atoms with Gasteiger partial charge in [0, 0.05) is 17.7 Å². The fourth-order valence-corrected chi connectivity index (χ4v) is 1.51. The quantitative estimate of drug-likeness (QED) is 0.652. The van der Waals surface area contributed by atoms with Gasteiger partial charge >= 0.3 is 0 Å². The number of anilines is 1. The molecule has 0 spiro atoms. The van der Waals surface area contributed by atoms with Gasteiger partial charge in [0.1, 0.15) is 5.02 Å². The smallest absolute Gasteiger partial charge is 0.289 e. The van der Waals surface area contributed by atoms with Crippen molar-refractivity contribution < 1.29 is 9.72 Å². The van der Waals surface area contributed by atoms with E-state index in [-0.39, 0.29) is 22.5 Å². The Morgan fingerprint density at radius 1 is 1.50 bits per heavy atom. The SMILES string of the molecule is O=C(Nc1ccc(Cl)c([N+](=O)[O-])c1)C1CC1. The summed E-state index contributed by atoms with van der Waals surface area (Å²) in [6.07, 6.45) is 1.78. The number of rotatable bonds is 3. The molecule has 2 rings (SSSR count). The second kappa shape index (κ2) is 4.09. The number of nitro benzene ring substituents is 1. The Balaban J connectivity index is 2.18. The lowest BCUT2D eigenvalue weighted by Gasteiger charge is -2.04. The maximum Gasteiger partial charge on any atom is 0.289 e. The number of amides is 1. The summed E-state index contributed by atoms with van der Waals surface area (Å²) < 4.78 is 0. The number of hydrogen-bond acceptors (Lipinski definition) is 3. The molecule has 0 aromatic heterocycles. The number of carbonyl (C=O) groups excluding carboxylic acids is 1. The van der Waals surface area contributed by atoms with Crippen molar-refractivity contribution in [3.05, 3.63) is 33.3 Å². The summed E-state index contributed by atoms with van der Waals surface area (Å²) in [5.41, 5.74) is 0.211. The lowest BCUT2D eigenvalue weighted by Crippen LogP contribution is -2.13. The second-order valence-corrected chi connectivity index (χ2v) is 4.09. The van der Waals surface area contributed by atoms with Crippen molar-refractivity contribution in [3.8, 4) is 0 Å². The average Bonchev–Trinajstić information content (AvgIpc) is 3.03. The number of hydrogen-bond donors (Lipinski definition) is 1. The molecule has 1 amide bonds. The predicted molar refractivity (Wildman–Crippen MR) is 59.5 cm³/mol. The molecule has 0 radical (unpaired) electrons. The van der Waals surface area contributed by atoms with Crippen LogP contribution >= 0.6 is 11.6 Å². The first-order valence-electron chi connectivity index (χ1n) is 4.83. The molecule has 0 unspecified atom stereocenters. The Kier molecular flexibility index (Phi) is 2.78. The van der Waals surface area contributed by atoms with Crippen molar-refractivity contribution in [2.75, 3.05) is 5.32 Å². The number of nitro groups is 1. The maximum absolute atomic E-state index is 11.4. The van der Waals surface area contributed by atoms with E-state index >= 15 is 0 Å². The first kappa shape index (κ1) is 10.9. The number of carbonyl (C=O) groups is 1. The van der Waals surface area contributed by atoms with E-state index in [1.165, 1.54) is 12.1 Å². The molecule has 1 N–H and O–H groups in total. The van der Waals surface area contributed by atoms with Crippen molar-refractivity contribution in [3.63, 3.8) is 0 Å². The fourth-order valence-electron chi connectivity index (χ4n) is 1.32. The van der Waals surface area contributed by atoms with E-state index in [0.29, 0.717) is 5.69 Å². The highest BCUT2D eigenvalue weighted by Crippen LogP contribution is 2.32. The van der Waals surface area contributed by atoms with Crippen LogP contribution in [0.25, 0.3) is 0 Å². The Morgan fingerprint density at radius 2 is 2.19 bits per heavy atom. The van der Waals surface area contributed by atoms with Crippen LogP contribution in [-0.2, 0) is 4.79 Å². The molecule has 5 nitrogen and oxygen atoms in total. The number of nitrogens with one attached hydrogen (secondary N) is 1. The van der Waals surface area contributed by atoms with Crippen LogP contribution in [0.3, 0.4) is 0 Å². The van der Waals surface area contributed by atoms with E-state index < -0.39 is 4.92 Å². The minimum absolute atomic E-state index is 0.0643. The van der Waals surface area contributed by atoms with Crippen LogP contribution in [0, 0.1) is 16.0 Å². The van der Waals surface area contributed by atoms with Gasteiger partial charge in [-0.15, -0.1) is 0 Å². The third-order valence-electron chi connectivity index (χ3n) is 2.36. The van der Waals surface area contributed by atoms with Gasteiger partial charge in [-0.25, -0.2) is 0 Å². The highest BCUT2D eigenvalue weighted by Gasteiger charge is 2.29. The monoisotopic (exact) mass is 240 g/mol. The van der Waals surface area contributed by atoms with E-state index in [1.54, 1.807) is 6.07 Å². The molecule has 0 aliphatic heterocycles. The van der Waals surface area contributed by atoms with Crippen molar-refractivity contribution >= 4 is 28.9 Å². The Morgan fingerprint density at radius 3 is 2.75 bits per heavy atom. The molecule has 16 heavy (non-hydrogen) atoms. The zero-order valence-corrected chi connectivity index (χ0v) is 9.03. The minimum atomic E-state index is -0.574. The van der Waals surface area contributed by atoms with Crippen LogP contribution in [-0.4, -0.2) is 10.8 Å².